The fourth-order valence-electron chi connectivity index (χ4n) is 1.97. The van der Waals surface area contributed by atoms with E-state index in [9.17, 15) is 0 Å². The molecule has 0 unspecified atom stereocenters. The van der Waals surface area contributed by atoms with Crippen LogP contribution in [0.25, 0.3) is 11.6 Å². The molecule has 0 aromatic carbocycles. The molecule has 0 aliphatic heterocycles. The molecule has 0 saturated heterocycles. The van der Waals surface area contributed by atoms with Gasteiger partial charge in [-0.1, -0.05) is 48.6 Å². The molecule has 0 saturated carbocycles. The van der Waals surface area contributed by atoms with Crippen LogP contribution in [0.3, 0.4) is 0 Å². The van der Waals surface area contributed by atoms with Crippen LogP contribution < -0.4 is 0 Å². The number of allylic oxidation sites excluding steroid dienone is 9. The average molecular weight is 205 g/mol. The first-order valence-electron chi connectivity index (χ1n) is 5.34. The fourth-order valence-corrected chi connectivity index (χ4v) is 1.97. The molecule has 0 spiro atoms. The molecule has 0 bridgehead atoms. The molecule has 16 heavy (non-hydrogen) atoms. The van der Waals surface area contributed by atoms with Crippen LogP contribution in [0, 0.1) is 0 Å². The van der Waals surface area contributed by atoms with Gasteiger partial charge in [0, 0.05) is 11.8 Å². The van der Waals surface area contributed by atoms with Crippen LogP contribution >= 0.6 is 0 Å². The molecule has 3 rings (SSSR count). The highest BCUT2D eigenvalue weighted by molar-refractivity contribution is 5.88. The summed E-state index contributed by atoms with van der Waals surface area (Å²) in [7, 11) is 0. The highest BCUT2D eigenvalue weighted by Crippen LogP contribution is 2.30. The summed E-state index contributed by atoms with van der Waals surface area (Å²) in [5.41, 5.74) is 4.69. The molecule has 2 aliphatic rings. The van der Waals surface area contributed by atoms with Crippen LogP contribution in [-0.2, 0) is 0 Å². The van der Waals surface area contributed by atoms with Crippen molar-refractivity contribution < 1.29 is 0 Å². The molecule has 1 heterocycles. The summed E-state index contributed by atoms with van der Waals surface area (Å²) in [4.78, 5) is 4.39. The topological polar surface area (TPSA) is 12.9 Å². The molecule has 1 aromatic heterocycles. The minimum Gasteiger partial charge on any atom is -0.256 e. The first-order valence-corrected chi connectivity index (χ1v) is 5.34. The smallest absolute Gasteiger partial charge is 0.0708 e. The summed E-state index contributed by atoms with van der Waals surface area (Å²) >= 11 is 0. The Bertz CT molecular complexity index is 569. The van der Waals surface area contributed by atoms with Crippen molar-refractivity contribution in [1.82, 2.24) is 4.98 Å². The number of hydrogen-bond acceptors (Lipinski definition) is 1. The standard InChI is InChI=1S/C15H11N/c1-2-6-12-7-4-10-15-14(9-5-11-16-15)13(12)8-3-1/h1-11H. The van der Waals surface area contributed by atoms with Gasteiger partial charge in [-0.05, 0) is 23.3 Å². The highest BCUT2D eigenvalue weighted by atomic mass is 14.7. The lowest BCUT2D eigenvalue weighted by Crippen LogP contribution is -1.91. The Balaban J connectivity index is 2.27. The Morgan fingerprint density at radius 2 is 1.88 bits per heavy atom. The van der Waals surface area contributed by atoms with E-state index in [4.69, 9.17) is 0 Å². The number of nitrogens with zero attached hydrogens (tertiary/aromatic N) is 1. The summed E-state index contributed by atoms with van der Waals surface area (Å²) in [5, 5.41) is 0. The Kier molecular flexibility index (Phi) is 2.15. The lowest BCUT2D eigenvalue weighted by atomic mass is 9.98. The lowest BCUT2D eigenvalue weighted by Gasteiger charge is -2.08. The fraction of sp³-hybridized carbons (Fsp3) is 0. The zero-order valence-corrected chi connectivity index (χ0v) is 8.80. The van der Waals surface area contributed by atoms with E-state index in [2.05, 4.69) is 53.6 Å². The van der Waals surface area contributed by atoms with Crippen LogP contribution in [0.1, 0.15) is 11.3 Å². The summed E-state index contributed by atoms with van der Waals surface area (Å²) in [5.74, 6) is 0. The molecular weight excluding hydrogens is 194 g/mol. The van der Waals surface area contributed by atoms with E-state index in [0.717, 1.165) is 5.69 Å². The molecule has 76 valence electrons. The molecule has 1 nitrogen and oxygen atoms in total. The second-order valence-corrected chi connectivity index (χ2v) is 3.74. The van der Waals surface area contributed by atoms with Gasteiger partial charge in [-0.15, -0.1) is 0 Å². The minimum atomic E-state index is 1.03. The van der Waals surface area contributed by atoms with Gasteiger partial charge in [0.1, 0.15) is 0 Å². The summed E-state index contributed by atoms with van der Waals surface area (Å²) in [6, 6.07) is 4.10. The zero-order chi connectivity index (χ0) is 10.8. The van der Waals surface area contributed by atoms with Gasteiger partial charge in [-0.2, -0.15) is 0 Å². The van der Waals surface area contributed by atoms with E-state index in [-0.39, 0.29) is 0 Å². The van der Waals surface area contributed by atoms with Crippen molar-refractivity contribution in [3.8, 4) is 0 Å². The van der Waals surface area contributed by atoms with E-state index in [1.165, 1.54) is 16.7 Å². The second-order valence-electron chi connectivity index (χ2n) is 3.74. The Hall–Kier alpha value is -2.15. The van der Waals surface area contributed by atoms with Gasteiger partial charge in [-0.25, -0.2) is 0 Å². The van der Waals surface area contributed by atoms with E-state index >= 15 is 0 Å². The molecule has 0 amide bonds. The molecule has 2 aliphatic carbocycles. The van der Waals surface area contributed by atoms with Crippen molar-refractivity contribution in [3.05, 3.63) is 77.7 Å². The number of pyridine rings is 1. The molecule has 0 atom stereocenters. The van der Waals surface area contributed by atoms with Gasteiger partial charge in [0.2, 0.25) is 0 Å². The van der Waals surface area contributed by atoms with Gasteiger partial charge in [0.25, 0.3) is 0 Å². The van der Waals surface area contributed by atoms with Crippen LogP contribution in [0.15, 0.2) is 66.4 Å². The maximum Gasteiger partial charge on any atom is 0.0708 e. The van der Waals surface area contributed by atoms with Gasteiger partial charge < -0.3 is 0 Å². The quantitative estimate of drug-likeness (QED) is 0.631. The van der Waals surface area contributed by atoms with Gasteiger partial charge in [-0.3, -0.25) is 4.98 Å². The molecule has 0 fully saturated rings. The third-order valence-corrected chi connectivity index (χ3v) is 2.73. The molecule has 1 heteroatoms. The van der Waals surface area contributed by atoms with Crippen LogP contribution in [0.2, 0.25) is 0 Å². The molecular formula is C15H11N. The van der Waals surface area contributed by atoms with Gasteiger partial charge in [0.05, 0.1) is 5.69 Å². The monoisotopic (exact) mass is 205 g/mol. The Labute approximate surface area is 94.8 Å². The Morgan fingerprint density at radius 3 is 2.88 bits per heavy atom. The van der Waals surface area contributed by atoms with Crippen molar-refractivity contribution in [2.24, 2.45) is 0 Å². The number of hydrogen-bond donors (Lipinski definition) is 0. The first kappa shape index (κ1) is 9.10. The van der Waals surface area contributed by atoms with E-state index in [1.54, 1.807) is 0 Å². The number of rotatable bonds is 0. The van der Waals surface area contributed by atoms with Crippen molar-refractivity contribution in [2.45, 2.75) is 0 Å². The summed E-state index contributed by atoms with van der Waals surface area (Å²) in [6.07, 6.45) is 18.5. The molecule has 0 N–H and O–H groups in total. The average Bonchev–Trinajstić information content (AvgIpc) is 2.62. The van der Waals surface area contributed by atoms with Crippen LogP contribution in [0.5, 0.6) is 0 Å². The lowest BCUT2D eigenvalue weighted by molar-refractivity contribution is 1.28. The van der Waals surface area contributed by atoms with E-state index in [1.807, 2.05) is 18.3 Å². The van der Waals surface area contributed by atoms with Crippen molar-refractivity contribution in [1.29, 1.82) is 0 Å². The predicted molar refractivity (Wildman–Crippen MR) is 67.6 cm³/mol. The second kappa shape index (κ2) is 3.78. The van der Waals surface area contributed by atoms with E-state index in [0.29, 0.717) is 0 Å². The maximum atomic E-state index is 4.39. The SMILES string of the molecule is C1=CC=C2C(=CC=Cc3ncccc32)C=C1. The molecule has 1 aromatic rings. The first-order chi connectivity index (χ1) is 7.95. The van der Waals surface area contributed by atoms with Crippen molar-refractivity contribution in [3.63, 3.8) is 0 Å². The van der Waals surface area contributed by atoms with Gasteiger partial charge in [0.15, 0.2) is 0 Å². The number of fused-ring (bicyclic) bond motifs is 3. The third kappa shape index (κ3) is 1.47. The number of aromatic nitrogens is 1. The van der Waals surface area contributed by atoms with E-state index < -0.39 is 0 Å². The van der Waals surface area contributed by atoms with Crippen LogP contribution in [-0.4, -0.2) is 4.98 Å². The zero-order valence-electron chi connectivity index (χ0n) is 8.80. The normalized spacial score (nSPS) is 16.8. The molecule has 0 radical (unpaired) electrons. The highest BCUT2D eigenvalue weighted by Gasteiger charge is 2.11. The van der Waals surface area contributed by atoms with Crippen molar-refractivity contribution in [2.75, 3.05) is 0 Å². The third-order valence-electron chi connectivity index (χ3n) is 2.73. The Morgan fingerprint density at radius 1 is 0.875 bits per heavy atom. The minimum absolute atomic E-state index is 1.03. The summed E-state index contributed by atoms with van der Waals surface area (Å²) < 4.78 is 0. The largest absolute Gasteiger partial charge is 0.256 e. The predicted octanol–water partition coefficient (Wildman–Crippen LogP) is 3.54. The summed E-state index contributed by atoms with van der Waals surface area (Å²) in [6.45, 7) is 0. The van der Waals surface area contributed by atoms with Crippen LogP contribution in [0.4, 0.5) is 0 Å². The maximum absolute atomic E-state index is 4.39. The van der Waals surface area contributed by atoms with Crippen molar-refractivity contribution >= 4 is 11.6 Å². The van der Waals surface area contributed by atoms with Gasteiger partial charge >= 0.3 is 0 Å².